The molecule has 6 heteroatoms. The lowest BCUT2D eigenvalue weighted by molar-refractivity contribution is 0.119. The standard InChI is InChI=1S/C26H32N2O4/c1-15-10-17(31-5)6-7-18(15)16-11-19-20-13-27(25(29)30)9-8-21(20)28-23(26(2,3)4)14-32-22(12-16)24(19)28/h6-7,10-12,20-21,23H,8-9,13-14H2,1-5H3,(H,29,30)/t20-,21-,23?/m0/s1. The van der Waals surface area contributed by atoms with E-state index in [1.54, 1.807) is 12.0 Å². The molecule has 3 atom stereocenters. The highest BCUT2D eigenvalue weighted by Crippen LogP contribution is 2.55. The van der Waals surface area contributed by atoms with Crippen LogP contribution in [0.4, 0.5) is 10.5 Å². The molecule has 1 saturated heterocycles. The van der Waals surface area contributed by atoms with Gasteiger partial charge >= 0.3 is 6.09 Å². The zero-order chi connectivity index (χ0) is 22.8. The zero-order valence-electron chi connectivity index (χ0n) is 19.5. The summed E-state index contributed by atoms with van der Waals surface area (Å²) in [6.45, 7) is 10.6. The van der Waals surface area contributed by atoms with E-state index in [9.17, 15) is 9.90 Å². The van der Waals surface area contributed by atoms with Gasteiger partial charge in [0.1, 0.15) is 18.1 Å². The molecule has 0 saturated carbocycles. The Bertz CT molecular complexity index is 1070. The van der Waals surface area contributed by atoms with Crippen LogP contribution in [0.1, 0.15) is 44.2 Å². The Morgan fingerprint density at radius 3 is 2.66 bits per heavy atom. The summed E-state index contributed by atoms with van der Waals surface area (Å²) in [6, 6.07) is 11.1. The Hall–Kier alpha value is -2.89. The van der Waals surface area contributed by atoms with Gasteiger partial charge in [0.2, 0.25) is 0 Å². The predicted octanol–water partition coefficient (Wildman–Crippen LogP) is 5.13. The smallest absolute Gasteiger partial charge is 0.407 e. The molecule has 1 fully saturated rings. The van der Waals surface area contributed by atoms with Gasteiger partial charge in [-0.05, 0) is 65.3 Å². The predicted molar refractivity (Wildman–Crippen MR) is 125 cm³/mol. The minimum Gasteiger partial charge on any atom is -0.497 e. The molecule has 0 bridgehead atoms. The Labute approximate surface area is 189 Å². The van der Waals surface area contributed by atoms with E-state index in [-0.39, 0.29) is 17.4 Å². The largest absolute Gasteiger partial charge is 0.497 e. The van der Waals surface area contributed by atoms with Gasteiger partial charge in [0.15, 0.2) is 0 Å². The molecule has 5 rings (SSSR count). The number of likely N-dealkylation sites (tertiary alicyclic amines) is 1. The summed E-state index contributed by atoms with van der Waals surface area (Å²) in [4.78, 5) is 15.9. The molecular weight excluding hydrogens is 404 g/mol. The first-order valence-corrected chi connectivity index (χ1v) is 11.4. The second kappa shape index (κ2) is 7.32. The van der Waals surface area contributed by atoms with Crippen LogP contribution in [-0.2, 0) is 0 Å². The molecule has 0 radical (unpaired) electrons. The lowest BCUT2D eigenvalue weighted by atomic mass is 9.83. The summed E-state index contributed by atoms with van der Waals surface area (Å²) in [5.74, 6) is 1.91. The minimum atomic E-state index is -0.829. The topological polar surface area (TPSA) is 62.2 Å². The van der Waals surface area contributed by atoms with E-state index in [0.717, 1.165) is 34.6 Å². The summed E-state index contributed by atoms with van der Waals surface area (Å²) >= 11 is 0. The number of benzene rings is 2. The summed E-state index contributed by atoms with van der Waals surface area (Å²) in [6.07, 6.45) is 0.0125. The van der Waals surface area contributed by atoms with Crippen LogP contribution in [0.25, 0.3) is 11.1 Å². The van der Waals surface area contributed by atoms with Crippen LogP contribution >= 0.6 is 0 Å². The SMILES string of the molecule is COc1ccc(-c2cc3c4c(c2)[C@@H]2CN(C(=O)O)CC[C@@H]2N4C(C(C)(C)C)CO3)c(C)c1. The number of carbonyl (C=O) groups is 1. The van der Waals surface area contributed by atoms with Crippen molar-refractivity contribution in [2.45, 2.75) is 52.1 Å². The van der Waals surface area contributed by atoms with E-state index < -0.39 is 6.09 Å². The Balaban J connectivity index is 1.65. The fourth-order valence-electron chi connectivity index (χ4n) is 5.76. The Morgan fingerprint density at radius 2 is 2.00 bits per heavy atom. The normalized spacial score (nSPS) is 24.0. The fraction of sp³-hybridized carbons (Fsp3) is 0.500. The van der Waals surface area contributed by atoms with E-state index in [0.29, 0.717) is 25.7 Å². The second-order valence-corrected chi connectivity index (χ2v) is 10.4. The molecule has 3 heterocycles. The second-order valence-electron chi connectivity index (χ2n) is 10.4. The van der Waals surface area contributed by atoms with Crippen LogP contribution < -0.4 is 14.4 Å². The number of hydrogen-bond donors (Lipinski definition) is 1. The third kappa shape index (κ3) is 3.19. The highest BCUT2D eigenvalue weighted by molar-refractivity contribution is 5.81. The number of carboxylic acid groups (broad SMARTS) is 1. The van der Waals surface area contributed by atoms with Gasteiger partial charge in [0.25, 0.3) is 0 Å². The molecule has 1 N–H and O–H groups in total. The number of hydrogen-bond acceptors (Lipinski definition) is 4. The number of methoxy groups -OCH3 is 1. The number of aryl methyl sites for hydroxylation is 1. The van der Waals surface area contributed by atoms with Gasteiger partial charge in [-0.25, -0.2) is 4.79 Å². The molecule has 3 aliphatic rings. The van der Waals surface area contributed by atoms with Crippen molar-refractivity contribution in [1.82, 2.24) is 4.90 Å². The van der Waals surface area contributed by atoms with Gasteiger partial charge in [-0.15, -0.1) is 0 Å². The van der Waals surface area contributed by atoms with Crippen molar-refractivity contribution >= 4 is 11.8 Å². The number of amides is 1. The van der Waals surface area contributed by atoms with Crippen molar-refractivity contribution in [2.75, 3.05) is 31.7 Å². The first-order chi connectivity index (χ1) is 15.2. The summed E-state index contributed by atoms with van der Waals surface area (Å²) < 4.78 is 11.8. The number of fused-ring (bicyclic) bond motifs is 3. The van der Waals surface area contributed by atoms with E-state index in [2.05, 4.69) is 50.8 Å². The lowest BCUT2D eigenvalue weighted by Gasteiger charge is -2.48. The maximum atomic E-state index is 11.8. The highest BCUT2D eigenvalue weighted by atomic mass is 16.5. The van der Waals surface area contributed by atoms with Crippen molar-refractivity contribution in [1.29, 1.82) is 0 Å². The first kappa shape index (κ1) is 21.0. The van der Waals surface area contributed by atoms with Crippen molar-refractivity contribution in [3.8, 4) is 22.6 Å². The minimum absolute atomic E-state index is 0.0546. The molecule has 1 unspecified atom stereocenters. The molecular formula is C26H32N2O4. The molecule has 2 aromatic rings. The number of rotatable bonds is 2. The molecule has 0 spiro atoms. The molecule has 0 aliphatic carbocycles. The van der Waals surface area contributed by atoms with Gasteiger partial charge in [-0.1, -0.05) is 26.8 Å². The van der Waals surface area contributed by atoms with Gasteiger partial charge in [-0.2, -0.15) is 0 Å². The number of anilines is 1. The molecule has 1 amide bonds. The van der Waals surface area contributed by atoms with Crippen molar-refractivity contribution < 1.29 is 19.4 Å². The van der Waals surface area contributed by atoms with Crippen LogP contribution in [-0.4, -0.2) is 55.0 Å². The van der Waals surface area contributed by atoms with E-state index in [1.165, 1.54) is 11.3 Å². The lowest BCUT2D eigenvalue weighted by Crippen LogP contribution is -2.56. The molecule has 32 heavy (non-hydrogen) atoms. The van der Waals surface area contributed by atoms with Crippen LogP contribution in [0.2, 0.25) is 0 Å². The first-order valence-electron chi connectivity index (χ1n) is 11.4. The zero-order valence-corrected chi connectivity index (χ0v) is 19.5. The maximum Gasteiger partial charge on any atom is 0.407 e. The van der Waals surface area contributed by atoms with E-state index in [1.807, 2.05) is 12.1 Å². The average molecular weight is 437 g/mol. The van der Waals surface area contributed by atoms with E-state index in [4.69, 9.17) is 9.47 Å². The molecule has 2 aromatic carbocycles. The third-order valence-corrected chi connectivity index (χ3v) is 7.44. The van der Waals surface area contributed by atoms with Gasteiger partial charge in [0.05, 0.1) is 18.8 Å². The molecule has 0 aromatic heterocycles. The Morgan fingerprint density at radius 1 is 1.22 bits per heavy atom. The van der Waals surface area contributed by atoms with Crippen LogP contribution in [0.3, 0.4) is 0 Å². The fourth-order valence-corrected chi connectivity index (χ4v) is 5.76. The van der Waals surface area contributed by atoms with Crippen LogP contribution in [0.5, 0.6) is 11.5 Å². The van der Waals surface area contributed by atoms with Gasteiger partial charge in [0, 0.05) is 25.0 Å². The summed E-state index contributed by atoms with van der Waals surface area (Å²) in [5, 5.41) is 9.67. The summed E-state index contributed by atoms with van der Waals surface area (Å²) in [7, 11) is 1.68. The number of piperidine rings is 1. The van der Waals surface area contributed by atoms with Gasteiger partial charge in [-0.3, -0.25) is 0 Å². The van der Waals surface area contributed by atoms with E-state index >= 15 is 0 Å². The van der Waals surface area contributed by atoms with Crippen LogP contribution in [0.15, 0.2) is 30.3 Å². The number of ether oxygens (including phenoxy) is 2. The average Bonchev–Trinajstić information content (AvgIpc) is 3.07. The molecule has 3 aliphatic heterocycles. The Kier molecular flexibility index (Phi) is 4.80. The monoisotopic (exact) mass is 436 g/mol. The van der Waals surface area contributed by atoms with Gasteiger partial charge < -0.3 is 24.4 Å². The molecule has 170 valence electrons. The highest BCUT2D eigenvalue weighted by Gasteiger charge is 2.51. The maximum absolute atomic E-state index is 11.8. The third-order valence-electron chi connectivity index (χ3n) is 7.44. The number of nitrogens with zero attached hydrogens (tertiary/aromatic N) is 2. The summed E-state index contributed by atoms with van der Waals surface area (Å²) in [5.41, 5.74) is 5.85. The quantitative estimate of drug-likeness (QED) is 0.707. The van der Waals surface area contributed by atoms with Crippen molar-refractivity contribution in [3.05, 3.63) is 41.5 Å². The van der Waals surface area contributed by atoms with Crippen molar-refractivity contribution in [2.24, 2.45) is 5.41 Å². The molecule has 6 nitrogen and oxygen atoms in total. The van der Waals surface area contributed by atoms with Crippen LogP contribution in [0, 0.1) is 12.3 Å². The van der Waals surface area contributed by atoms with Crippen molar-refractivity contribution in [3.63, 3.8) is 0 Å².